The van der Waals surface area contributed by atoms with E-state index in [4.69, 9.17) is 4.74 Å². The number of anilines is 3. The fourth-order valence-corrected chi connectivity index (χ4v) is 1.85. The number of urea groups is 1. The molecule has 0 spiro atoms. The van der Waals surface area contributed by atoms with Crippen LogP contribution in [0.3, 0.4) is 0 Å². The third-order valence-corrected chi connectivity index (χ3v) is 2.99. The molecule has 3 N–H and O–H groups in total. The van der Waals surface area contributed by atoms with Crippen LogP contribution in [-0.2, 0) is 0 Å². The number of nitrogens with zero attached hydrogens (tertiary/aromatic N) is 4. The first kappa shape index (κ1) is 18.2. The second-order valence-electron chi connectivity index (χ2n) is 5.26. The monoisotopic (exact) mass is 345 g/mol. The molecule has 0 bridgehead atoms. The van der Waals surface area contributed by atoms with Crippen molar-refractivity contribution in [2.75, 3.05) is 49.3 Å². The summed E-state index contributed by atoms with van der Waals surface area (Å²) in [5.74, 6) is 0.946. The zero-order chi connectivity index (χ0) is 18.1. The van der Waals surface area contributed by atoms with Gasteiger partial charge < -0.3 is 25.6 Å². The zero-order valence-corrected chi connectivity index (χ0v) is 14.6. The molecule has 0 fully saturated rings. The number of para-hydroxylation sites is 1. The third kappa shape index (κ3) is 6.13. The fraction of sp³-hybridized carbons (Fsp3) is 0.375. The summed E-state index contributed by atoms with van der Waals surface area (Å²) in [7, 11) is 3.68. The van der Waals surface area contributed by atoms with E-state index in [1.54, 1.807) is 4.90 Å². The lowest BCUT2D eigenvalue weighted by Gasteiger charge is -2.13. The highest BCUT2D eigenvalue weighted by atomic mass is 16.5. The van der Waals surface area contributed by atoms with Gasteiger partial charge in [-0.25, -0.2) is 4.79 Å². The molecule has 1 aromatic heterocycles. The van der Waals surface area contributed by atoms with Crippen molar-refractivity contribution < 1.29 is 9.53 Å². The van der Waals surface area contributed by atoms with Gasteiger partial charge in [0, 0.05) is 26.3 Å². The molecule has 2 rings (SSSR count). The van der Waals surface area contributed by atoms with E-state index in [1.165, 1.54) is 0 Å². The molecule has 2 amide bonds. The third-order valence-electron chi connectivity index (χ3n) is 2.99. The summed E-state index contributed by atoms with van der Waals surface area (Å²) in [6.45, 7) is 3.20. The molecule has 1 aromatic carbocycles. The molecule has 1 heterocycles. The molecule has 0 aliphatic heterocycles. The summed E-state index contributed by atoms with van der Waals surface area (Å²) in [5, 5.41) is 8.46. The highest BCUT2D eigenvalue weighted by molar-refractivity contribution is 5.89. The normalized spacial score (nSPS) is 10.0. The van der Waals surface area contributed by atoms with Crippen LogP contribution in [0.15, 0.2) is 30.3 Å². The van der Waals surface area contributed by atoms with Crippen molar-refractivity contribution in [1.29, 1.82) is 0 Å². The molecule has 0 atom stereocenters. The van der Waals surface area contributed by atoms with Crippen molar-refractivity contribution in [1.82, 2.24) is 20.3 Å². The van der Waals surface area contributed by atoms with Gasteiger partial charge in [0.1, 0.15) is 6.61 Å². The highest BCUT2D eigenvalue weighted by Crippen LogP contribution is 2.12. The largest absolute Gasteiger partial charge is 0.461 e. The van der Waals surface area contributed by atoms with Crippen molar-refractivity contribution >= 4 is 23.6 Å². The summed E-state index contributed by atoms with van der Waals surface area (Å²) in [6, 6.07) is 9.12. The molecule has 2 aromatic rings. The van der Waals surface area contributed by atoms with Gasteiger partial charge in [0.25, 0.3) is 0 Å². The maximum atomic E-state index is 11.8. The Morgan fingerprint density at radius 2 is 1.92 bits per heavy atom. The topological polar surface area (TPSA) is 104 Å². The quantitative estimate of drug-likeness (QED) is 0.624. The average molecular weight is 345 g/mol. The van der Waals surface area contributed by atoms with Crippen LogP contribution in [0.5, 0.6) is 6.01 Å². The fourth-order valence-electron chi connectivity index (χ4n) is 1.85. The zero-order valence-electron chi connectivity index (χ0n) is 14.6. The van der Waals surface area contributed by atoms with Gasteiger partial charge in [0.2, 0.25) is 11.9 Å². The van der Waals surface area contributed by atoms with Crippen LogP contribution < -0.4 is 25.6 Å². The Hall–Kier alpha value is -3.10. The van der Waals surface area contributed by atoms with Crippen LogP contribution in [0.4, 0.5) is 22.4 Å². The Kier molecular flexibility index (Phi) is 6.76. The van der Waals surface area contributed by atoms with E-state index in [2.05, 4.69) is 30.9 Å². The molecular weight excluding hydrogens is 322 g/mol. The van der Waals surface area contributed by atoms with Crippen LogP contribution in [-0.4, -0.2) is 54.8 Å². The molecule has 9 heteroatoms. The Labute approximate surface area is 146 Å². The van der Waals surface area contributed by atoms with Crippen molar-refractivity contribution in [2.45, 2.75) is 6.92 Å². The number of hydrogen-bond acceptors (Lipinski definition) is 7. The minimum atomic E-state index is -0.298. The van der Waals surface area contributed by atoms with Gasteiger partial charge in [-0.1, -0.05) is 18.2 Å². The summed E-state index contributed by atoms with van der Waals surface area (Å²) in [6.07, 6.45) is 0. The Bertz CT molecular complexity index is 679. The predicted octanol–water partition coefficient (Wildman–Crippen LogP) is 1.57. The molecule has 0 aliphatic rings. The average Bonchev–Trinajstić information content (AvgIpc) is 2.60. The number of nitrogens with one attached hydrogen (secondary N) is 3. The molecule has 0 saturated heterocycles. The number of carbonyl (C=O) groups excluding carboxylic acids is 1. The number of rotatable bonds is 8. The molecular formula is C16H23N7O2. The van der Waals surface area contributed by atoms with E-state index in [0.717, 1.165) is 5.69 Å². The molecule has 0 aliphatic carbocycles. The molecule has 9 nitrogen and oxygen atoms in total. The van der Waals surface area contributed by atoms with E-state index in [-0.39, 0.29) is 18.6 Å². The second kappa shape index (κ2) is 9.26. The summed E-state index contributed by atoms with van der Waals surface area (Å²) in [4.78, 5) is 26.2. The lowest BCUT2D eigenvalue weighted by atomic mass is 10.3. The Balaban J connectivity index is 1.81. The van der Waals surface area contributed by atoms with Gasteiger partial charge in [-0.3, -0.25) is 0 Å². The van der Waals surface area contributed by atoms with Crippen LogP contribution in [0, 0.1) is 0 Å². The van der Waals surface area contributed by atoms with Crippen molar-refractivity contribution in [3.05, 3.63) is 30.3 Å². The second-order valence-corrected chi connectivity index (χ2v) is 5.26. The Morgan fingerprint density at radius 3 is 2.60 bits per heavy atom. The number of carbonyl (C=O) groups is 1. The van der Waals surface area contributed by atoms with E-state index < -0.39 is 0 Å². The van der Waals surface area contributed by atoms with Crippen LogP contribution in [0.1, 0.15) is 6.92 Å². The van der Waals surface area contributed by atoms with E-state index in [0.29, 0.717) is 25.0 Å². The highest BCUT2D eigenvalue weighted by Gasteiger charge is 2.09. The van der Waals surface area contributed by atoms with Gasteiger partial charge in [-0.15, -0.1) is 0 Å². The number of amides is 2. The standard InChI is InChI=1S/C16H23N7O2/c1-4-17-13-20-14(23(2)3)22-16(21-13)25-11-10-18-15(24)19-12-8-6-5-7-9-12/h5-9H,4,10-11H2,1-3H3,(H2,18,19,24)(H,17,20,21,22). The maximum Gasteiger partial charge on any atom is 0.323 e. The minimum absolute atomic E-state index is 0.208. The number of benzene rings is 1. The summed E-state index contributed by atoms with van der Waals surface area (Å²) in [5.41, 5.74) is 0.726. The molecule has 0 radical (unpaired) electrons. The lowest BCUT2D eigenvalue weighted by Crippen LogP contribution is -2.32. The van der Waals surface area contributed by atoms with E-state index >= 15 is 0 Å². The smallest absolute Gasteiger partial charge is 0.323 e. The van der Waals surface area contributed by atoms with Gasteiger partial charge in [-0.05, 0) is 19.1 Å². The lowest BCUT2D eigenvalue weighted by molar-refractivity contribution is 0.245. The van der Waals surface area contributed by atoms with Gasteiger partial charge in [0.15, 0.2) is 0 Å². The number of ether oxygens (including phenoxy) is 1. The van der Waals surface area contributed by atoms with E-state index in [9.17, 15) is 4.79 Å². The van der Waals surface area contributed by atoms with E-state index in [1.807, 2.05) is 51.4 Å². The van der Waals surface area contributed by atoms with Gasteiger partial charge in [-0.2, -0.15) is 15.0 Å². The van der Waals surface area contributed by atoms with Crippen molar-refractivity contribution in [3.63, 3.8) is 0 Å². The Morgan fingerprint density at radius 1 is 1.16 bits per heavy atom. The first-order chi connectivity index (χ1) is 12.1. The maximum absolute atomic E-state index is 11.8. The van der Waals surface area contributed by atoms with Gasteiger partial charge in [0.05, 0.1) is 6.54 Å². The van der Waals surface area contributed by atoms with Crippen molar-refractivity contribution in [3.8, 4) is 6.01 Å². The number of hydrogen-bond donors (Lipinski definition) is 3. The first-order valence-electron chi connectivity index (χ1n) is 7.98. The van der Waals surface area contributed by atoms with Crippen molar-refractivity contribution in [2.24, 2.45) is 0 Å². The van der Waals surface area contributed by atoms with Crippen LogP contribution in [0.25, 0.3) is 0 Å². The first-order valence-corrected chi connectivity index (χ1v) is 7.98. The minimum Gasteiger partial charge on any atom is -0.461 e. The summed E-state index contributed by atoms with van der Waals surface area (Å²) < 4.78 is 5.51. The predicted molar refractivity (Wildman–Crippen MR) is 97.3 cm³/mol. The summed E-state index contributed by atoms with van der Waals surface area (Å²) >= 11 is 0. The van der Waals surface area contributed by atoms with Crippen LogP contribution in [0.2, 0.25) is 0 Å². The SMILES string of the molecule is CCNc1nc(OCCNC(=O)Nc2ccccc2)nc(N(C)C)n1. The molecule has 25 heavy (non-hydrogen) atoms. The number of aromatic nitrogens is 3. The molecule has 0 saturated carbocycles. The van der Waals surface area contributed by atoms with Gasteiger partial charge >= 0.3 is 12.0 Å². The molecule has 134 valence electrons. The molecule has 0 unspecified atom stereocenters. The van der Waals surface area contributed by atoms with Crippen LogP contribution >= 0.6 is 0 Å².